The van der Waals surface area contributed by atoms with Gasteiger partial charge in [0.15, 0.2) is 11.5 Å². The maximum absolute atomic E-state index is 13.9. The Morgan fingerprint density at radius 3 is 2.22 bits per heavy atom. The minimum atomic E-state index is -0.752. The Morgan fingerprint density at radius 2 is 1.63 bits per heavy atom. The lowest BCUT2D eigenvalue weighted by Crippen LogP contribution is -2.14. The van der Waals surface area contributed by atoms with Crippen molar-refractivity contribution in [2.24, 2.45) is 16.8 Å². The summed E-state index contributed by atoms with van der Waals surface area (Å²) >= 11 is 4.47. The number of hydrogen-bond donors (Lipinski definition) is 0. The van der Waals surface area contributed by atoms with E-state index in [1.54, 1.807) is 0 Å². The van der Waals surface area contributed by atoms with Crippen molar-refractivity contribution in [2.75, 3.05) is 0 Å². The molecule has 2 aliphatic carbocycles. The highest BCUT2D eigenvalue weighted by molar-refractivity contribution is 7.78. The lowest BCUT2D eigenvalue weighted by atomic mass is 9.77. The van der Waals surface area contributed by atoms with Crippen LogP contribution in [0.2, 0.25) is 0 Å². The molecule has 2 aromatic rings. The molecule has 0 atom stereocenters. The van der Waals surface area contributed by atoms with Gasteiger partial charge < -0.3 is 0 Å². The van der Waals surface area contributed by atoms with E-state index in [0.717, 1.165) is 17.4 Å². The summed E-state index contributed by atoms with van der Waals surface area (Å²) in [6.07, 6.45) is 9.57. The van der Waals surface area contributed by atoms with E-state index in [9.17, 15) is 4.39 Å². The van der Waals surface area contributed by atoms with Crippen LogP contribution >= 0.6 is 12.2 Å². The summed E-state index contributed by atoms with van der Waals surface area (Å²) in [5.41, 5.74) is 2.23. The molecule has 0 saturated heterocycles. The lowest BCUT2D eigenvalue weighted by molar-refractivity contribution is 0.296. The first-order valence-corrected chi connectivity index (χ1v) is 9.86. The van der Waals surface area contributed by atoms with Crippen LogP contribution in [0.5, 0.6) is 0 Å². The second-order valence-electron chi connectivity index (χ2n) is 7.39. The Labute approximate surface area is 164 Å². The molecule has 4 rings (SSSR count). The topological polar surface area (TPSA) is 38.1 Å². The molecule has 0 spiro atoms. The fourth-order valence-electron chi connectivity index (χ4n) is 4.00. The predicted octanol–water partition coefficient (Wildman–Crippen LogP) is 5.43. The van der Waals surface area contributed by atoms with Crippen LogP contribution in [0, 0.1) is 29.6 Å². The molecule has 3 nitrogen and oxygen atoms in total. The second kappa shape index (κ2) is 8.08. The third kappa shape index (κ3) is 4.47. The van der Waals surface area contributed by atoms with Gasteiger partial charge in [-0.25, -0.2) is 4.98 Å². The number of thiocarbonyl (C=S) groups is 1. The Morgan fingerprint density at radius 1 is 0.963 bits per heavy atom. The first-order chi connectivity index (χ1) is 13.2. The molecule has 0 unspecified atom stereocenters. The first-order valence-electron chi connectivity index (χ1n) is 9.45. The molecule has 5 heteroatoms. The number of rotatable bonds is 3. The molecule has 0 aliphatic heterocycles. The quantitative estimate of drug-likeness (QED) is 0.406. The molecule has 2 saturated carbocycles. The Bertz CT molecular complexity index is 926. The number of isothiocyanates is 1. The van der Waals surface area contributed by atoms with Crippen molar-refractivity contribution in [3.63, 3.8) is 0 Å². The SMILES string of the molecule is Fc1nc(N=C=S)cnc1C#Cc1ccc(C2CCC(C3CC3)CC2)cc1. The van der Waals surface area contributed by atoms with Crippen molar-refractivity contribution in [3.8, 4) is 11.8 Å². The van der Waals surface area contributed by atoms with Crippen LogP contribution in [0.3, 0.4) is 0 Å². The number of nitrogens with zero attached hydrogens (tertiary/aromatic N) is 3. The molecule has 0 radical (unpaired) electrons. The van der Waals surface area contributed by atoms with Crippen molar-refractivity contribution in [2.45, 2.75) is 44.4 Å². The largest absolute Gasteiger partial charge is 0.249 e. The van der Waals surface area contributed by atoms with Gasteiger partial charge in [-0.15, -0.1) is 0 Å². The molecule has 2 aliphatic rings. The van der Waals surface area contributed by atoms with Crippen LogP contribution in [0.25, 0.3) is 0 Å². The number of benzene rings is 1. The van der Waals surface area contributed by atoms with Crippen LogP contribution in [-0.2, 0) is 0 Å². The molecule has 0 N–H and O–H groups in total. The molecule has 1 aromatic carbocycles. The molecule has 1 aromatic heterocycles. The highest BCUT2D eigenvalue weighted by Crippen LogP contribution is 2.47. The maximum atomic E-state index is 13.9. The zero-order valence-corrected chi connectivity index (χ0v) is 15.8. The second-order valence-corrected chi connectivity index (χ2v) is 7.57. The summed E-state index contributed by atoms with van der Waals surface area (Å²) < 4.78 is 13.9. The monoisotopic (exact) mass is 377 g/mol. The maximum Gasteiger partial charge on any atom is 0.249 e. The smallest absolute Gasteiger partial charge is 0.239 e. The molecule has 136 valence electrons. The molecule has 0 amide bonds. The van der Waals surface area contributed by atoms with Crippen LogP contribution in [0.1, 0.15) is 61.3 Å². The summed E-state index contributed by atoms with van der Waals surface area (Å²) in [6.45, 7) is 0. The van der Waals surface area contributed by atoms with Gasteiger partial charge in [0, 0.05) is 5.56 Å². The Kier molecular flexibility index (Phi) is 5.38. The van der Waals surface area contributed by atoms with Gasteiger partial charge in [0.1, 0.15) is 0 Å². The van der Waals surface area contributed by atoms with Gasteiger partial charge in [0.25, 0.3) is 0 Å². The zero-order chi connectivity index (χ0) is 18.6. The van der Waals surface area contributed by atoms with E-state index >= 15 is 0 Å². The standard InChI is InChI=1S/C22H20FN3S/c23-22-20(24-13-21(26-22)25-14-27)12-3-15-1-4-16(5-2-15)17-6-8-18(9-7-17)19-10-11-19/h1-2,4-5,13,17-19H,6-11H2. The van der Waals surface area contributed by atoms with Gasteiger partial charge in [0.05, 0.1) is 11.4 Å². The summed E-state index contributed by atoms with van der Waals surface area (Å²) in [7, 11) is 0. The highest BCUT2D eigenvalue weighted by atomic mass is 32.1. The molecular formula is C22H20FN3S. The third-order valence-electron chi connectivity index (χ3n) is 5.65. The third-order valence-corrected chi connectivity index (χ3v) is 5.74. The van der Waals surface area contributed by atoms with Gasteiger partial charge in [-0.05, 0) is 92.1 Å². The normalized spacial score (nSPS) is 21.7. The molecule has 27 heavy (non-hydrogen) atoms. The minimum absolute atomic E-state index is 0.000734. The van der Waals surface area contributed by atoms with Crippen molar-refractivity contribution < 1.29 is 4.39 Å². The van der Waals surface area contributed by atoms with Gasteiger partial charge in [-0.3, -0.25) is 0 Å². The Hall–Kier alpha value is -2.41. The summed E-state index contributed by atoms with van der Waals surface area (Å²) in [5, 5.41) is 2.13. The lowest BCUT2D eigenvalue weighted by Gasteiger charge is -2.28. The van der Waals surface area contributed by atoms with E-state index in [2.05, 4.69) is 56.3 Å². The van der Waals surface area contributed by atoms with Crippen molar-refractivity contribution in [3.05, 3.63) is 53.2 Å². The van der Waals surface area contributed by atoms with Gasteiger partial charge in [-0.1, -0.05) is 18.1 Å². The van der Waals surface area contributed by atoms with Crippen molar-refractivity contribution in [1.82, 2.24) is 9.97 Å². The van der Waals surface area contributed by atoms with Crippen LogP contribution in [0.15, 0.2) is 35.5 Å². The molecule has 0 bridgehead atoms. The summed E-state index contributed by atoms with van der Waals surface area (Å²) in [6, 6.07) is 8.33. The van der Waals surface area contributed by atoms with E-state index < -0.39 is 5.95 Å². The summed E-state index contributed by atoms with van der Waals surface area (Å²) in [5.74, 6) is 7.70. The van der Waals surface area contributed by atoms with Gasteiger partial charge in [-0.2, -0.15) is 14.4 Å². The van der Waals surface area contributed by atoms with E-state index in [-0.39, 0.29) is 11.5 Å². The zero-order valence-electron chi connectivity index (χ0n) is 15.0. The number of hydrogen-bond acceptors (Lipinski definition) is 4. The number of halogens is 1. The van der Waals surface area contributed by atoms with E-state index in [1.165, 1.54) is 50.3 Å². The van der Waals surface area contributed by atoms with E-state index in [4.69, 9.17) is 0 Å². The molecular weight excluding hydrogens is 357 g/mol. The van der Waals surface area contributed by atoms with E-state index in [0.29, 0.717) is 5.92 Å². The molecule has 2 fully saturated rings. The fraction of sp³-hybridized carbons (Fsp3) is 0.409. The van der Waals surface area contributed by atoms with Crippen molar-refractivity contribution >= 4 is 23.2 Å². The first kappa shape index (κ1) is 18.0. The fourth-order valence-corrected chi connectivity index (χ4v) is 4.10. The van der Waals surface area contributed by atoms with E-state index in [1.807, 2.05) is 12.1 Å². The van der Waals surface area contributed by atoms with Crippen LogP contribution in [-0.4, -0.2) is 15.1 Å². The average Bonchev–Trinajstić information content (AvgIpc) is 3.54. The Balaban J connectivity index is 1.41. The summed E-state index contributed by atoms with van der Waals surface area (Å²) in [4.78, 5) is 11.2. The number of aromatic nitrogens is 2. The number of aliphatic imine (C=N–C) groups is 1. The van der Waals surface area contributed by atoms with Crippen LogP contribution in [0.4, 0.5) is 10.2 Å². The van der Waals surface area contributed by atoms with Gasteiger partial charge in [0.2, 0.25) is 5.95 Å². The minimum Gasteiger partial charge on any atom is -0.239 e. The van der Waals surface area contributed by atoms with Crippen LogP contribution < -0.4 is 0 Å². The van der Waals surface area contributed by atoms with Gasteiger partial charge >= 0.3 is 0 Å². The molecule has 1 heterocycles. The highest BCUT2D eigenvalue weighted by Gasteiger charge is 2.34. The predicted molar refractivity (Wildman–Crippen MR) is 107 cm³/mol. The van der Waals surface area contributed by atoms with Crippen molar-refractivity contribution in [1.29, 1.82) is 0 Å². The average molecular weight is 377 g/mol.